The third-order valence-electron chi connectivity index (χ3n) is 3.62. The number of carbonyl (C=O) groups excluding carboxylic acids is 1. The number of pyridine rings is 1. The van der Waals surface area contributed by atoms with E-state index in [-0.39, 0.29) is 12.5 Å². The van der Waals surface area contributed by atoms with Crippen LogP contribution in [0, 0.1) is 0 Å². The Labute approximate surface area is 131 Å². The molecule has 1 aromatic heterocycles. The van der Waals surface area contributed by atoms with E-state index in [1.807, 2.05) is 36.4 Å². The van der Waals surface area contributed by atoms with E-state index >= 15 is 0 Å². The van der Waals surface area contributed by atoms with Crippen molar-refractivity contribution in [3.05, 3.63) is 59.9 Å². The summed E-state index contributed by atoms with van der Waals surface area (Å²) in [6.45, 7) is 2.82. The predicted molar refractivity (Wildman–Crippen MR) is 86.9 cm³/mol. The Kier molecular flexibility index (Phi) is 5.95. The maximum Gasteiger partial charge on any atom is 0.260 e. The van der Waals surface area contributed by atoms with Gasteiger partial charge in [0.05, 0.1) is 0 Å². The first kappa shape index (κ1) is 16.0. The fraction of sp³-hybridized carbons (Fsp3) is 0.333. The molecule has 1 heterocycles. The van der Waals surface area contributed by atoms with Gasteiger partial charge in [0.1, 0.15) is 5.75 Å². The molecule has 0 N–H and O–H groups in total. The van der Waals surface area contributed by atoms with Crippen molar-refractivity contribution in [2.24, 2.45) is 0 Å². The van der Waals surface area contributed by atoms with Gasteiger partial charge in [0, 0.05) is 26.0 Å². The van der Waals surface area contributed by atoms with Crippen molar-refractivity contribution < 1.29 is 9.53 Å². The summed E-state index contributed by atoms with van der Waals surface area (Å²) in [6.07, 6.45) is 5.24. The second kappa shape index (κ2) is 8.17. The minimum Gasteiger partial charge on any atom is -0.483 e. The van der Waals surface area contributed by atoms with Gasteiger partial charge in [0.2, 0.25) is 0 Å². The number of para-hydroxylation sites is 1. The Morgan fingerprint density at radius 1 is 1.18 bits per heavy atom. The molecule has 1 amide bonds. The molecule has 116 valence electrons. The second-order valence-corrected chi connectivity index (χ2v) is 5.17. The maximum absolute atomic E-state index is 12.1. The molecule has 0 unspecified atom stereocenters. The van der Waals surface area contributed by atoms with Crippen molar-refractivity contribution >= 4 is 5.91 Å². The van der Waals surface area contributed by atoms with Crippen LogP contribution in [-0.4, -0.2) is 36.0 Å². The topological polar surface area (TPSA) is 42.4 Å². The summed E-state index contributed by atoms with van der Waals surface area (Å²) >= 11 is 0. The number of rotatable bonds is 7. The van der Waals surface area contributed by atoms with E-state index in [1.54, 1.807) is 24.3 Å². The molecule has 1 aromatic carbocycles. The molecule has 0 saturated heterocycles. The smallest absolute Gasteiger partial charge is 0.260 e. The van der Waals surface area contributed by atoms with E-state index in [1.165, 1.54) is 5.56 Å². The van der Waals surface area contributed by atoms with E-state index in [4.69, 9.17) is 4.74 Å². The monoisotopic (exact) mass is 298 g/mol. The van der Waals surface area contributed by atoms with Gasteiger partial charge in [0.15, 0.2) is 6.61 Å². The number of carbonyl (C=O) groups is 1. The van der Waals surface area contributed by atoms with Crippen LogP contribution in [-0.2, 0) is 17.6 Å². The van der Waals surface area contributed by atoms with Crippen LogP contribution in [0.2, 0.25) is 0 Å². The lowest BCUT2D eigenvalue weighted by Crippen LogP contribution is -2.33. The fourth-order valence-electron chi connectivity index (χ4n) is 2.16. The standard InChI is InChI=1S/C18H22N2O2/c1-3-16-6-4-5-7-17(16)22-14-18(21)20(2)13-10-15-8-11-19-12-9-15/h4-9,11-12H,3,10,13-14H2,1-2H3. The first-order valence-electron chi connectivity index (χ1n) is 7.54. The Bertz CT molecular complexity index is 599. The van der Waals surface area contributed by atoms with Crippen LogP contribution in [0.25, 0.3) is 0 Å². The Hall–Kier alpha value is -2.36. The minimum atomic E-state index is -0.0139. The highest BCUT2D eigenvalue weighted by Gasteiger charge is 2.10. The van der Waals surface area contributed by atoms with Crippen LogP contribution < -0.4 is 4.74 Å². The first-order valence-corrected chi connectivity index (χ1v) is 7.54. The number of aryl methyl sites for hydroxylation is 1. The summed E-state index contributed by atoms with van der Waals surface area (Å²) < 4.78 is 5.66. The van der Waals surface area contributed by atoms with Crippen molar-refractivity contribution in [3.63, 3.8) is 0 Å². The van der Waals surface area contributed by atoms with Gasteiger partial charge in [0.25, 0.3) is 5.91 Å². The molecule has 0 aliphatic heterocycles. The average Bonchev–Trinajstić information content (AvgIpc) is 2.58. The summed E-state index contributed by atoms with van der Waals surface area (Å²) in [4.78, 5) is 17.8. The zero-order valence-electron chi connectivity index (χ0n) is 13.2. The molecule has 0 radical (unpaired) electrons. The van der Waals surface area contributed by atoms with Gasteiger partial charge in [-0.15, -0.1) is 0 Å². The lowest BCUT2D eigenvalue weighted by atomic mass is 10.1. The summed E-state index contributed by atoms with van der Waals surface area (Å²) in [5, 5.41) is 0. The van der Waals surface area contributed by atoms with Crippen molar-refractivity contribution in [1.29, 1.82) is 0 Å². The number of benzene rings is 1. The number of likely N-dealkylation sites (N-methyl/N-ethyl adjacent to an activating group) is 1. The second-order valence-electron chi connectivity index (χ2n) is 5.17. The number of hydrogen-bond acceptors (Lipinski definition) is 3. The zero-order valence-corrected chi connectivity index (χ0v) is 13.2. The van der Waals surface area contributed by atoms with E-state index in [0.29, 0.717) is 6.54 Å². The molecule has 0 aliphatic carbocycles. The number of hydrogen-bond donors (Lipinski definition) is 0. The quantitative estimate of drug-likeness (QED) is 0.789. The summed E-state index contributed by atoms with van der Waals surface area (Å²) in [7, 11) is 1.80. The molecule has 0 spiro atoms. The van der Waals surface area contributed by atoms with Gasteiger partial charge in [-0.05, 0) is 42.2 Å². The summed E-state index contributed by atoms with van der Waals surface area (Å²) in [5.74, 6) is 0.779. The lowest BCUT2D eigenvalue weighted by molar-refractivity contribution is -0.132. The lowest BCUT2D eigenvalue weighted by Gasteiger charge is -2.18. The highest BCUT2D eigenvalue weighted by Crippen LogP contribution is 2.18. The Balaban J connectivity index is 1.81. The number of nitrogens with zero attached hydrogens (tertiary/aromatic N) is 2. The molecular formula is C18H22N2O2. The molecule has 4 nitrogen and oxygen atoms in total. The van der Waals surface area contributed by atoms with E-state index in [9.17, 15) is 4.79 Å². The molecule has 2 aromatic rings. The third kappa shape index (κ3) is 4.58. The van der Waals surface area contributed by atoms with Gasteiger partial charge in [-0.1, -0.05) is 25.1 Å². The van der Waals surface area contributed by atoms with E-state index in [2.05, 4.69) is 11.9 Å². The maximum atomic E-state index is 12.1. The number of aromatic nitrogens is 1. The molecule has 0 aliphatic rings. The van der Waals surface area contributed by atoms with Crippen molar-refractivity contribution in [2.45, 2.75) is 19.8 Å². The third-order valence-corrected chi connectivity index (χ3v) is 3.62. The molecule has 0 fully saturated rings. The van der Waals surface area contributed by atoms with Gasteiger partial charge >= 0.3 is 0 Å². The largest absolute Gasteiger partial charge is 0.483 e. The highest BCUT2D eigenvalue weighted by molar-refractivity contribution is 5.77. The molecule has 4 heteroatoms. The van der Waals surface area contributed by atoms with E-state index < -0.39 is 0 Å². The van der Waals surface area contributed by atoms with Gasteiger partial charge in [-0.25, -0.2) is 0 Å². The average molecular weight is 298 g/mol. The zero-order chi connectivity index (χ0) is 15.8. The predicted octanol–water partition coefficient (Wildman–Crippen LogP) is 2.72. The minimum absolute atomic E-state index is 0.0139. The number of ether oxygens (including phenoxy) is 1. The van der Waals surface area contributed by atoms with Crippen LogP contribution in [0.5, 0.6) is 5.75 Å². The molecule has 0 bridgehead atoms. The van der Waals surface area contributed by atoms with Crippen LogP contribution in [0.15, 0.2) is 48.8 Å². The molecular weight excluding hydrogens is 276 g/mol. The van der Waals surface area contributed by atoms with E-state index in [0.717, 1.165) is 24.2 Å². The van der Waals surface area contributed by atoms with Gasteiger partial charge < -0.3 is 9.64 Å². The van der Waals surface area contributed by atoms with Crippen LogP contribution in [0.4, 0.5) is 0 Å². The normalized spacial score (nSPS) is 10.3. The first-order chi connectivity index (χ1) is 10.7. The highest BCUT2D eigenvalue weighted by atomic mass is 16.5. The van der Waals surface area contributed by atoms with Crippen LogP contribution in [0.3, 0.4) is 0 Å². The summed E-state index contributed by atoms with van der Waals surface area (Å²) in [5.41, 5.74) is 2.29. The van der Waals surface area contributed by atoms with Gasteiger partial charge in [-0.2, -0.15) is 0 Å². The molecule has 2 rings (SSSR count). The SMILES string of the molecule is CCc1ccccc1OCC(=O)N(C)CCc1ccncc1. The number of amides is 1. The van der Waals surface area contributed by atoms with Crippen molar-refractivity contribution in [1.82, 2.24) is 9.88 Å². The summed E-state index contributed by atoms with van der Waals surface area (Å²) in [6, 6.07) is 11.8. The Morgan fingerprint density at radius 2 is 1.91 bits per heavy atom. The molecule has 0 atom stereocenters. The van der Waals surface area contributed by atoms with Crippen LogP contribution >= 0.6 is 0 Å². The van der Waals surface area contributed by atoms with Crippen LogP contribution in [0.1, 0.15) is 18.1 Å². The van der Waals surface area contributed by atoms with Crippen molar-refractivity contribution in [3.8, 4) is 5.75 Å². The Morgan fingerprint density at radius 3 is 2.64 bits per heavy atom. The molecule has 0 saturated carbocycles. The molecule has 22 heavy (non-hydrogen) atoms. The van der Waals surface area contributed by atoms with Crippen molar-refractivity contribution in [2.75, 3.05) is 20.2 Å². The van der Waals surface area contributed by atoms with Gasteiger partial charge in [-0.3, -0.25) is 9.78 Å². The fourth-order valence-corrected chi connectivity index (χ4v) is 2.16.